The van der Waals surface area contributed by atoms with Crippen LogP contribution in [0.5, 0.6) is 0 Å². The SMILES string of the molecule is CCC(C)N(CC(=O)O)C(=O)NCCS(=O)CC. The molecular weight excluding hydrogens is 256 g/mol. The Labute approximate surface area is 110 Å². The molecule has 0 aliphatic carbocycles. The number of nitrogens with zero attached hydrogens (tertiary/aromatic N) is 1. The maximum absolute atomic E-state index is 11.8. The number of hydrogen-bond acceptors (Lipinski definition) is 3. The van der Waals surface area contributed by atoms with E-state index in [9.17, 15) is 13.8 Å². The van der Waals surface area contributed by atoms with Gasteiger partial charge in [-0.15, -0.1) is 0 Å². The first-order valence-corrected chi connectivity index (χ1v) is 7.52. The number of carboxylic acid groups (broad SMARTS) is 1. The summed E-state index contributed by atoms with van der Waals surface area (Å²) in [5, 5.41) is 11.4. The maximum Gasteiger partial charge on any atom is 0.323 e. The topological polar surface area (TPSA) is 86.7 Å². The number of rotatable bonds is 8. The van der Waals surface area contributed by atoms with Crippen LogP contribution in [0.1, 0.15) is 27.2 Å². The lowest BCUT2D eigenvalue weighted by atomic mass is 10.2. The van der Waals surface area contributed by atoms with Gasteiger partial charge in [0.25, 0.3) is 0 Å². The fraction of sp³-hybridized carbons (Fsp3) is 0.818. The molecule has 0 bridgehead atoms. The fourth-order valence-electron chi connectivity index (χ4n) is 1.31. The van der Waals surface area contributed by atoms with Crippen LogP contribution in [0.15, 0.2) is 0 Å². The van der Waals surface area contributed by atoms with Crippen LogP contribution >= 0.6 is 0 Å². The molecule has 0 aromatic carbocycles. The lowest BCUT2D eigenvalue weighted by Crippen LogP contribution is -2.48. The van der Waals surface area contributed by atoms with Crippen LogP contribution in [0.2, 0.25) is 0 Å². The molecule has 106 valence electrons. The first kappa shape index (κ1) is 16.9. The second kappa shape index (κ2) is 8.91. The Morgan fingerprint density at radius 3 is 2.44 bits per heavy atom. The summed E-state index contributed by atoms with van der Waals surface area (Å²) in [7, 11) is -0.929. The van der Waals surface area contributed by atoms with Crippen LogP contribution in [-0.4, -0.2) is 56.9 Å². The molecule has 2 N–H and O–H groups in total. The third kappa shape index (κ3) is 6.58. The Balaban J connectivity index is 4.29. The van der Waals surface area contributed by atoms with Gasteiger partial charge in [-0.1, -0.05) is 13.8 Å². The number of urea groups is 1. The number of carbonyl (C=O) groups is 2. The van der Waals surface area contributed by atoms with E-state index in [2.05, 4.69) is 5.32 Å². The van der Waals surface area contributed by atoms with Crippen LogP contribution in [0, 0.1) is 0 Å². The molecule has 0 saturated carbocycles. The van der Waals surface area contributed by atoms with E-state index in [4.69, 9.17) is 5.11 Å². The van der Waals surface area contributed by atoms with E-state index >= 15 is 0 Å². The smallest absolute Gasteiger partial charge is 0.323 e. The van der Waals surface area contributed by atoms with Crippen LogP contribution < -0.4 is 5.32 Å². The van der Waals surface area contributed by atoms with Crippen LogP contribution in [0.4, 0.5) is 4.79 Å². The largest absolute Gasteiger partial charge is 0.480 e. The fourth-order valence-corrected chi connectivity index (χ4v) is 1.93. The van der Waals surface area contributed by atoms with E-state index in [1.165, 1.54) is 4.90 Å². The molecular formula is C11H22N2O4S. The average Bonchev–Trinajstić information content (AvgIpc) is 2.34. The van der Waals surface area contributed by atoms with E-state index in [-0.39, 0.29) is 12.6 Å². The van der Waals surface area contributed by atoms with E-state index in [0.717, 1.165) is 0 Å². The Bertz CT molecular complexity index is 309. The highest BCUT2D eigenvalue weighted by atomic mass is 32.2. The monoisotopic (exact) mass is 278 g/mol. The number of amides is 2. The molecule has 0 spiro atoms. The summed E-state index contributed by atoms with van der Waals surface area (Å²) in [5.41, 5.74) is 0. The van der Waals surface area contributed by atoms with Gasteiger partial charge in [0.15, 0.2) is 0 Å². The van der Waals surface area contributed by atoms with E-state index in [1.54, 1.807) is 6.92 Å². The van der Waals surface area contributed by atoms with Crippen molar-refractivity contribution in [2.45, 2.75) is 33.2 Å². The van der Waals surface area contributed by atoms with Crippen molar-refractivity contribution in [3.05, 3.63) is 0 Å². The number of aliphatic carboxylic acids is 1. The van der Waals surface area contributed by atoms with E-state index in [1.807, 2.05) is 13.8 Å². The van der Waals surface area contributed by atoms with Gasteiger partial charge in [0.2, 0.25) is 0 Å². The zero-order valence-corrected chi connectivity index (χ0v) is 12.0. The van der Waals surface area contributed by atoms with Crippen molar-refractivity contribution in [3.8, 4) is 0 Å². The third-order valence-electron chi connectivity index (χ3n) is 2.62. The summed E-state index contributed by atoms with van der Waals surface area (Å²) < 4.78 is 11.2. The second-order valence-electron chi connectivity index (χ2n) is 3.94. The van der Waals surface area contributed by atoms with Crippen LogP contribution in [0.3, 0.4) is 0 Å². The molecule has 6 nitrogen and oxygen atoms in total. The first-order chi connectivity index (χ1) is 8.42. The van der Waals surface area contributed by atoms with Gasteiger partial charge in [0.05, 0.1) is 0 Å². The van der Waals surface area contributed by atoms with Gasteiger partial charge in [-0.05, 0) is 13.3 Å². The Morgan fingerprint density at radius 2 is 2.00 bits per heavy atom. The van der Waals surface area contributed by atoms with Crippen molar-refractivity contribution in [2.24, 2.45) is 0 Å². The molecule has 0 aliphatic heterocycles. The van der Waals surface area contributed by atoms with Crippen LogP contribution in [-0.2, 0) is 15.6 Å². The molecule has 0 rings (SSSR count). The highest BCUT2D eigenvalue weighted by Gasteiger charge is 2.21. The van der Waals surface area contributed by atoms with Gasteiger partial charge in [-0.2, -0.15) is 0 Å². The van der Waals surface area contributed by atoms with Crippen molar-refractivity contribution in [1.82, 2.24) is 10.2 Å². The Hall–Kier alpha value is -1.11. The summed E-state index contributed by atoms with van der Waals surface area (Å²) in [5.74, 6) is -0.0911. The Kier molecular flexibility index (Phi) is 8.36. The van der Waals surface area contributed by atoms with Crippen molar-refractivity contribution in [1.29, 1.82) is 0 Å². The molecule has 0 heterocycles. The molecule has 2 atom stereocenters. The summed E-state index contributed by atoms with van der Waals surface area (Å²) in [6.07, 6.45) is 0.682. The van der Waals surface area contributed by atoms with Crippen molar-refractivity contribution < 1.29 is 18.9 Å². The molecule has 0 saturated heterocycles. The number of carboxylic acids is 1. The standard InChI is InChI=1S/C11H22N2O4S/c1-4-9(3)13(8-10(14)15)11(16)12-6-7-18(17)5-2/h9H,4-8H2,1-3H3,(H,12,16)(H,14,15). The molecule has 0 radical (unpaired) electrons. The van der Waals surface area contributed by atoms with Gasteiger partial charge in [0.1, 0.15) is 6.54 Å². The summed E-state index contributed by atoms with van der Waals surface area (Å²) in [4.78, 5) is 23.8. The second-order valence-corrected chi connectivity index (χ2v) is 5.81. The zero-order valence-electron chi connectivity index (χ0n) is 11.1. The van der Waals surface area contributed by atoms with Crippen molar-refractivity contribution in [3.63, 3.8) is 0 Å². The zero-order chi connectivity index (χ0) is 14.1. The molecule has 0 aromatic heterocycles. The predicted octanol–water partition coefficient (Wildman–Crippen LogP) is 0.650. The Morgan fingerprint density at radius 1 is 1.39 bits per heavy atom. The molecule has 2 amide bonds. The molecule has 2 unspecified atom stereocenters. The molecule has 18 heavy (non-hydrogen) atoms. The summed E-state index contributed by atoms with van der Waals surface area (Å²) in [6.45, 7) is 5.48. The summed E-state index contributed by atoms with van der Waals surface area (Å²) in [6, 6.07) is -0.558. The minimum absolute atomic E-state index is 0.141. The number of carbonyl (C=O) groups excluding carboxylic acids is 1. The molecule has 7 heteroatoms. The molecule has 0 aromatic rings. The van der Waals surface area contributed by atoms with Gasteiger partial charge in [-0.3, -0.25) is 9.00 Å². The first-order valence-electron chi connectivity index (χ1n) is 6.03. The molecule has 0 aliphatic rings. The van der Waals surface area contributed by atoms with E-state index < -0.39 is 22.8 Å². The van der Waals surface area contributed by atoms with Crippen LogP contribution in [0.25, 0.3) is 0 Å². The minimum atomic E-state index is -1.04. The highest BCUT2D eigenvalue weighted by Crippen LogP contribution is 2.03. The lowest BCUT2D eigenvalue weighted by molar-refractivity contribution is -0.138. The van der Waals surface area contributed by atoms with Gasteiger partial charge in [-0.25, -0.2) is 4.79 Å². The lowest BCUT2D eigenvalue weighted by Gasteiger charge is -2.27. The summed E-state index contributed by atoms with van der Waals surface area (Å²) >= 11 is 0. The third-order valence-corrected chi connectivity index (χ3v) is 3.92. The van der Waals surface area contributed by atoms with Crippen molar-refractivity contribution >= 4 is 22.8 Å². The molecule has 0 fully saturated rings. The van der Waals surface area contributed by atoms with Gasteiger partial charge < -0.3 is 15.3 Å². The number of hydrogen-bond donors (Lipinski definition) is 2. The maximum atomic E-state index is 11.8. The van der Waals surface area contributed by atoms with E-state index in [0.29, 0.717) is 24.5 Å². The quantitative estimate of drug-likeness (QED) is 0.682. The predicted molar refractivity (Wildman–Crippen MR) is 71.0 cm³/mol. The number of nitrogens with one attached hydrogen (secondary N) is 1. The van der Waals surface area contributed by atoms with Gasteiger partial charge in [0, 0.05) is 34.9 Å². The van der Waals surface area contributed by atoms with Crippen molar-refractivity contribution in [2.75, 3.05) is 24.6 Å². The normalized spacial score (nSPS) is 13.7. The minimum Gasteiger partial charge on any atom is -0.480 e. The average molecular weight is 278 g/mol. The van der Waals surface area contributed by atoms with Gasteiger partial charge >= 0.3 is 12.0 Å². The highest BCUT2D eigenvalue weighted by molar-refractivity contribution is 7.84.